The number of imidazole rings is 1. The quantitative estimate of drug-likeness (QED) is 0.743. The maximum Gasteiger partial charge on any atom is 0.281 e. The van der Waals surface area contributed by atoms with Crippen LogP contribution in [-0.2, 0) is 13.6 Å². The molecule has 0 aliphatic heterocycles. The first-order valence-electron chi connectivity index (χ1n) is 7.96. The van der Waals surface area contributed by atoms with Crippen LogP contribution in [0.4, 0.5) is 11.9 Å². The fraction of sp³-hybridized carbons (Fsp3) is 0.562. The zero-order valence-corrected chi connectivity index (χ0v) is 14.9. The second kappa shape index (κ2) is 7.36. The molecule has 2 heterocycles. The largest absolute Gasteiger partial charge is 0.354 e. The number of nitrogens with one attached hydrogen (secondary N) is 1. The predicted molar refractivity (Wildman–Crippen MR) is 97.3 cm³/mol. The SMILES string of the molecule is CC#CCn1c(NCCN)nc2nc(N(C)C(C)C)n(C)c(=O)c21. The summed E-state index contributed by atoms with van der Waals surface area (Å²) in [6.07, 6.45) is 0. The maximum absolute atomic E-state index is 12.9. The van der Waals surface area contributed by atoms with Gasteiger partial charge in [0, 0.05) is 33.2 Å². The van der Waals surface area contributed by atoms with E-state index in [1.54, 1.807) is 23.1 Å². The molecule has 0 spiro atoms. The lowest BCUT2D eigenvalue weighted by Crippen LogP contribution is -2.33. The molecule has 0 bridgehead atoms. The second-order valence-corrected chi connectivity index (χ2v) is 5.82. The number of aromatic nitrogens is 4. The fourth-order valence-electron chi connectivity index (χ4n) is 2.33. The van der Waals surface area contributed by atoms with E-state index < -0.39 is 0 Å². The van der Waals surface area contributed by atoms with Gasteiger partial charge in [-0.3, -0.25) is 13.9 Å². The van der Waals surface area contributed by atoms with Crippen molar-refractivity contribution >= 4 is 23.1 Å². The van der Waals surface area contributed by atoms with E-state index >= 15 is 0 Å². The summed E-state index contributed by atoms with van der Waals surface area (Å²) in [6.45, 7) is 7.24. The van der Waals surface area contributed by atoms with E-state index in [1.165, 1.54) is 0 Å². The third-order valence-corrected chi connectivity index (χ3v) is 3.89. The third-order valence-electron chi connectivity index (χ3n) is 3.89. The lowest BCUT2D eigenvalue weighted by molar-refractivity contribution is 0.688. The van der Waals surface area contributed by atoms with Crippen molar-refractivity contribution in [2.24, 2.45) is 12.8 Å². The number of nitrogens with two attached hydrogens (primary N) is 1. The fourth-order valence-corrected chi connectivity index (χ4v) is 2.33. The molecule has 0 saturated heterocycles. The summed E-state index contributed by atoms with van der Waals surface area (Å²) in [5.41, 5.74) is 6.27. The molecule has 0 aliphatic rings. The van der Waals surface area contributed by atoms with Gasteiger partial charge < -0.3 is 16.0 Å². The normalized spacial score (nSPS) is 10.8. The first-order valence-corrected chi connectivity index (χ1v) is 7.96. The van der Waals surface area contributed by atoms with Crippen LogP contribution in [0, 0.1) is 11.8 Å². The number of anilines is 2. The molecule has 3 N–H and O–H groups in total. The van der Waals surface area contributed by atoms with Gasteiger partial charge in [-0.15, -0.1) is 5.92 Å². The molecule has 0 radical (unpaired) electrons. The molecule has 24 heavy (non-hydrogen) atoms. The van der Waals surface area contributed by atoms with Crippen molar-refractivity contribution < 1.29 is 0 Å². The van der Waals surface area contributed by atoms with Gasteiger partial charge in [-0.25, -0.2) is 0 Å². The summed E-state index contributed by atoms with van der Waals surface area (Å²) in [5, 5.41) is 3.14. The zero-order chi connectivity index (χ0) is 17.9. The lowest BCUT2D eigenvalue weighted by atomic mass is 10.3. The maximum atomic E-state index is 12.9. The van der Waals surface area contributed by atoms with Gasteiger partial charge in [0.1, 0.15) is 0 Å². The minimum atomic E-state index is -0.145. The van der Waals surface area contributed by atoms with Crippen molar-refractivity contribution in [1.82, 2.24) is 19.1 Å². The van der Waals surface area contributed by atoms with E-state index in [0.29, 0.717) is 42.7 Å². The summed E-state index contributed by atoms with van der Waals surface area (Å²) in [6, 6.07) is 0.212. The van der Waals surface area contributed by atoms with Crippen molar-refractivity contribution in [3.8, 4) is 11.8 Å². The van der Waals surface area contributed by atoms with Gasteiger partial charge in [0.05, 0.1) is 6.54 Å². The summed E-state index contributed by atoms with van der Waals surface area (Å²) >= 11 is 0. The Morgan fingerprint density at radius 1 is 1.38 bits per heavy atom. The van der Waals surface area contributed by atoms with E-state index in [4.69, 9.17) is 5.73 Å². The molecule has 0 unspecified atom stereocenters. The minimum Gasteiger partial charge on any atom is -0.354 e. The van der Waals surface area contributed by atoms with Crippen molar-refractivity contribution in [2.45, 2.75) is 33.4 Å². The van der Waals surface area contributed by atoms with E-state index in [9.17, 15) is 4.79 Å². The Bertz CT molecular complexity index is 838. The second-order valence-electron chi connectivity index (χ2n) is 5.82. The number of fused-ring (bicyclic) bond motifs is 1. The van der Waals surface area contributed by atoms with Crippen molar-refractivity contribution in [3.05, 3.63) is 10.4 Å². The number of nitrogens with zero attached hydrogens (tertiary/aromatic N) is 5. The van der Waals surface area contributed by atoms with Crippen LogP contribution in [0.3, 0.4) is 0 Å². The number of hydrogen-bond acceptors (Lipinski definition) is 6. The molecule has 8 heteroatoms. The third kappa shape index (κ3) is 3.21. The van der Waals surface area contributed by atoms with Crippen LogP contribution in [-0.4, -0.2) is 45.3 Å². The first-order chi connectivity index (χ1) is 11.4. The highest BCUT2D eigenvalue weighted by atomic mass is 16.1. The van der Waals surface area contributed by atoms with Gasteiger partial charge in [0.15, 0.2) is 11.2 Å². The summed E-state index contributed by atoms with van der Waals surface area (Å²) in [5.74, 6) is 6.97. The van der Waals surface area contributed by atoms with Crippen LogP contribution in [0.1, 0.15) is 20.8 Å². The van der Waals surface area contributed by atoms with Gasteiger partial charge in [-0.1, -0.05) is 5.92 Å². The molecule has 2 rings (SSSR count). The van der Waals surface area contributed by atoms with Crippen molar-refractivity contribution in [3.63, 3.8) is 0 Å². The Hall–Kier alpha value is -2.53. The summed E-state index contributed by atoms with van der Waals surface area (Å²) < 4.78 is 3.31. The highest BCUT2D eigenvalue weighted by Gasteiger charge is 2.20. The zero-order valence-electron chi connectivity index (χ0n) is 14.9. The Morgan fingerprint density at radius 2 is 2.08 bits per heavy atom. The smallest absolute Gasteiger partial charge is 0.281 e. The molecule has 8 nitrogen and oxygen atoms in total. The number of rotatable bonds is 6. The van der Waals surface area contributed by atoms with E-state index in [0.717, 1.165) is 0 Å². The van der Waals surface area contributed by atoms with E-state index in [2.05, 4.69) is 27.1 Å². The topological polar surface area (TPSA) is 94.0 Å². The molecule has 0 aromatic carbocycles. The van der Waals surface area contributed by atoms with Gasteiger partial charge in [-0.05, 0) is 20.8 Å². The molecular weight excluding hydrogens is 306 g/mol. The standard InChI is InChI=1S/C16H25N7O/c1-6-7-10-23-12-13(19-15(23)18-9-8-17)20-16(21(4)11(2)3)22(5)14(12)24/h11H,8-10,17H2,1-5H3,(H,18,19). The molecular formula is C16H25N7O. The molecule has 130 valence electrons. The molecule has 0 aliphatic carbocycles. The van der Waals surface area contributed by atoms with Crippen LogP contribution in [0.5, 0.6) is 0 Å². The Balaban J connectivity index is 2.70. The molecule has 2 aromatic heterocycles. The van der Waals surface area contributed by atoms with Crippen LogP contribution in [0.25, 0.3) is 11.2 Å². The molecule has 0 saturated carbocycles. The lowest BCUT2D eigenvalue weighted by Gasteiger charge is -2.24. The Labute approximate surface area is 141 Å². The van der Waals surface area contributed by atoms with Crippen molar-refractivity contribution in [2.75, 3.05) is 30.4 Å². The van der Waals surface area contributed by atoms with Crippen LogP contribution in [0.2, 0.25) is 0 Å². The van der Waals surface area contributed by atoms with Crippen LogP contribution < -0.4 is 21.5 Å². The molecule has 0 atom stereocenters. The van der Waals surface area contributed by atoms with Gasteiger partial charge in [0.25, 0.3) is 5.56 Å². The highest BCUT2D eigenvalue weighted by Crippen LogP contribution is 2.18. The Morgan fingerprint density at radius 3 is 2.67 bits per heavy atom. The highest BCUT2D eigenvalue weighted by molar-refractivity contribution is 5.75. The Kier molecular flexibility index (Phi) is 5.46. The predicted octanol–water partition coefficient (Wildman–Crippen LogP) is 0.369. The molecule has 2 aromatic rings. The number of hydrogen-bond donors (Lipinski definition) is 2. The van der Waals surface area contributed by atoms with E-state index in [1.807, 2.05) is 25.8 Å². The summed E-state index contributed by atoms with van der Waals surface area (Å²) in [7, 11) is 3.63. The molecule has 0 fully saturated rings. The van der Waals surface area contributed by atoms with Gasteiger partial charge in [0.2, 0.25) is 11.9 Å². The average Bonchev–Trinajstić information content (AvgIpc) is 2.91. The summed E-state index contributed by atoms with van der Waals surface area (Å²) in [4.78, 5) is 23.9. The van der Waals surface area contributed by atoms with Crippen LogP contribution >= 0.6 is 0 Å². The molecule has 0 amide bonds. The average molecular weight is 331 g/mol. The van der Waals surface area contributed by atoms with Gasteiger partial charge in [-0.2, -0.15) is 9.97 Å². The van der Waals surface area contributed by atoms with Crippen LogP contribution in [0.15, 0.2) is 4.79 Å². The first kappa shape index (κ1) is 17.8. The minimum absolute atomic E-state index is 0.145. The van der Waals surface area contributed by atoms with Crippen molar-refractivity contribution in [1.29, 1.82) is 0 Å². The van der Waals surface area contributed by atoms with E-state index in [-0.39, 0.29) is 11.6 Å². The van der Waals surface area contributed by atoms with Gasteiger partial charge >= 0.3 is 0 Å². The monoisotopic (exact) mass is 331 g/mol.